The standard InChI is InChI=1S/C15H20FNO3/c1-3-20-12-7-11(8-12)17-9-10-4-5-13(14(16)6-10)15(18)19-2/h4-6,11-12,17H,3,7-9H2,1-2H3. The zero-order valence-electron chi connectivity index (χ0n) is 11.8. The lowest BCUT2D eigenvalue weighted by atomic mass is 9.89. The Bertz CT molecular complexity index is 472. The fraction of sp³-hybridized carbons (Fsp3) is 0.533. The number of hydrogen-bond donors (Lipinski definition) is 1. The summed E-state index contributed by atoms with van der Waals surface area (Å²) in [4.78, 5) is 11.3. The van der Waals surface area contributed by atoms with Crippen LogP contribution in [-0.4, -0.2) is 31.8 Å². The first-order valence-corrected chi connectivity index (χ1v) is 6.85. The Morgan fingerprint density at radius 2 is 2.20 bits per heavy atom. The van der Waals surface area contributed by atoms with E-state index in [0.29, 0.717) is 18.7 Å². The van der Waals surface area contributed by atoms with Gasteiger partial charge in [-0.15, -0.1) is 0 Å². The number of methoxy groups -OCH3 is 1. The predicted octanol–water partition coefficient (Wildman–Crippen LogP) is 2.27. The average Bonchev–Trinajstić information content (AvgIpc) is 2.40. The maximum absolute atomic E-state index is 13.7. The molecule has 5 heteroatoms. The molecule has 1 aliphatic carbocycles. The number of rotatable bonds is 6. The topological polar surface area (TPSA) is 47.6 Å². The Labute approximate surface area is 118 Å². The third-order valence-corrected chi connectivity index (χ3v) is 3.53. The molecule has 0 aromatic heterocycles. The molecular formula is C15H20FNO3. The SMILES string of the molecule is CCOC1CC(NCc2ccc(C(=O)OC)c(F)c2)C1. The van der Waals surface area contributed by atoms with Gasteiger partial charge in [-0.25, -0.2) is 9.18 Å². The summed E-state index contributed by atoms with van der Waals surface area (Å²) in [5.41, 5.74) is 0.784. The fourth-order valence-electron chi connectivity index (χ4n) is 2.31. The summed E-state index contributed by atoms with van der Waals surface area (Å²) in [7, 11) is 1.24. The smallest absolute Gasteiger partial charge is 0.340 e. The van der Waals surface area contributed by atoms with E-state index in [2.05, 4.69) is 10.1 Å². The number of nitrogens with one attached hydrogen (secondary N) is 1. The molecule has 0 heterocycles. The van der Waals surface area contributed by atoms with Gasteiger partial charge in [-0.3, -0.25) is 0 Å². The molecule has 0 radical (unpaired) electrons. The van der Waals surface area contributed by atoms with Gasteiger partial charge in [0.15, 0.2) is 0 Å². The first-order chi connectivity index (χ1) is 9.63. The van der Waals surface area contributed by atoms with Gasteiger partial charge >= 0.3 is 5.97 Å². The summed E-state index contributed by atoms with van der Waals surface area (Å²) < 4.78 is 23.7. The van der Waals surface area contributed by atoms with Gasteiger partial charge in [-0.2, -0.15) is 0 Å². The number of benzene rings is 1. The fourth-order valence-corrected chi connectivity index (χ4v) is 2.31. The molecular weight excluding hydrogens is 261 g/mol. The zero-order chi connectivity index (χ0) is 14.5. The van der Waals surface area contributed by atoms with Crippen LogP contribution in [0.3, 0.4) is 0 Å². The van der Waals surface area contributed by atoms with Gasteiger partial charge in [0.05, 0.1) is 18.8 Å². The lowest BCUT2D eigenvalue weighted by molar-refractivity contribution is -0.0102. The number of esters is 1. The highest BCUT2D eigenvalue weighted by molar-refractivity contribution is 5.89. The molecule has 20 heavy (non-hydrogen) atoms. The molecule has 0 saturated heterocycles. The number of hydrogen-bond acceptors (Lipinski definition) is 4. The van der Waals surface area contributed by atoms with Gasteiger partial charge in [0.25, 0.3) is 0 Å². The number of carbonyl (C=O) groups excluding carboxylic acids is 1. The van der Waals surface area contributed by atoms with Crippen molar-refractivity contribution in [2.75, 3.05) is 13.7 Å². The van der Waals surface area contributed by atoms with Crippen molar-refractivity contribution in [3.8, 4) is 0 Å². The lowest BCUT2D eigenvalue weighted by Crippen LogP contribution is -2.45. The van der Waals surface area contributed by atoms with Crippen LogP contribution in [0.15, 0.2) is 18.2 Å². The van der Waals surface area contributed by atoms with Crippen LogP contribution in [-0.2, 0) is 16.0 Å². The average molecular weight is 281 g/mol. The van der Waals surface area contributed by atoms with Gasteiger partial charge in [-0.1, -0.05) is 6.07 Å². The summed E-state index contributed by atoms with van der Waals surface area (Å²) in [5, 5.41) is 3.35. The predicted molar refractivity (Wildman–Crippen MR) is 73.0 cm³/mol. The van der Waals surface area contributed by atoms with Gasteiger partial charge in [-0.05, 0) is 37.5 Å². The molecule has 1 N–H and O–H groups in total. The van der Waals surface area contributed by atoms with Crippen LogP contribution in [0.4, 0.5) is 4.39 Å². The largest absolute Gasteiger partial charge is 0.465 e. The van der Waals surface area contributed by atoms with Crippen LogP contribution >= 0.6 is 0 Å². The summed E-state index contributed by atoms with van der Waals surface area (Å²) in [5.74, 6) is -1.20. The number of halogens is 1. The van der Waals surface area contributed by atoms with Crippen LogP contribution in [0.1, 0.15) is 35.7 Å². The van der Waals surface area contributed by atoms with Crippen molar-refractivity contribution in [3.63, 3.8) is 0 Å². The third kappa shape index (κ3) is 3.55. The van der Waals surface area contributed by atoms with Crippen molar-refractivity contribution >= 4 is 5.97 Å². The molecule has 0 bridgehead atoms. The van der Waals surface area contributed by atoms with Gasteiger partial charge in [0.2, 0.25) is 0 Å². The molecule has 0 spiro atoms. The quantitative estimate of drug-likeness (QED) is 0.813. The van der Waals surface area contributed by atoms with Gasteiger partial charge in [0.1, 0.15) is 5.82 Å². The number of ether oxygens (including phenoxy) is 2. The highest BCUT2D eigenvalue weighted by Crippen LogP contribution is 2.23. The maximum Gasteiger partial charge on any atom is 0.340 e. The Kier molecular flexibility index (Phi) is 5.09. The van der Waals surface area contributed by atoms with E-state index >= 15 is 0 Å². The molecule has 0 amide bonds. The van der Waals surface area contributed by atoms with Gasteiger partial charge < -0.3 is 14.8 Å². The molecule has 2 rings (SSSR count). The Balaban J connectivity index is 1.83. The molecule has 0 unspecified atom stereocenters. The van der Waals surface area contributed by atoms with Crippen molar-refractivity contribution < 1.29 is 18.7 Å². The summed E-state index contributed by atoms with van der Waals surface area (Å²) >= 11 is 0. The minimum absolute atomic E-state index is 0.0312. The highest BCUT2D eigenvalue weighted by Gasteiger charge is 2.28. The molecule has 1 fully saturated rings. The summed E-state index contributed by atoms with van der Waals surface area (Å²) in [6.07, 6.45) is 2.35. The van der Waals surface area contributed by atoms with E-state index in [9.17, 15) is 9.18 Å². The second kappa shape index (κ2) is 6.81. The van der Waals surface area contributed by atoms with Crippen molar-refractivity contribution in [3.05, 3.63) is 35.1 Å². The highest BCUT2D eigenvalue weighted by atomic mass is 19.1. The van der Waals surface area contributed by atoms with Crippen LogP contribution in [0.2, 0.25) is 0 Å². The first kappa shape index (κ1) is 14.9. The van der Waals surface area contributed by atoms with Crippen molar-refractivity contribution in [2.24, 2.45) is 0 Å². The van der Waals surface area contributed by atoms with Crippen LogP contribution in [0, 0.1) is 5.82 Å². The second-order valence-electron chi connectivity index (χ2n) is 4.93. The Morgan fingerprint density at radius 1 is 1.45 bits per heavy atom. The van der Waals surface area contributed by atoms with Crippen LogP contribution in [0.5, 0.6) is 0 Å². The van der Waals surface area contributed by atoms with E-state index < -0.39 is 11.8 Å². The van der Waals surface area contributed by atoms with Crippen molar-refractivity contribution in [1.29, 1.82) is 0 Å². The van der Waals surface area contributed by atoms with Crippen LogP contribution < -0.4 is 5.32 Å². The van der Waals surface area contributed by atoms with E-state index in [4.69, 9.17) is 4.74 Å². The minimum atomic E-state index is -0.652. The van der Waals surface area contributed by atoms with E-state index in [1.807, 2.05) is 6.92 Å². The maximum atomic E-state index is 13.7. The van der Waals surface area contributed by atoms with Crippen molar-refractivity contribution in [1.82, 2.24) is 5.32 Å². The Hall–Kier alpha value is -1.46. The van der Waals surface area contributed by atoms with E-state index in [-0.39, 0.29) is 5.56 Å². The molecule has 4 nitrogen and oxygen atoms in total. The minimum Gasteiger partial charge on any atom is -0.465 e. The number of carbonyl (C=O) groups is 1. The lowest BCUT2D eigenvalue weighted by Gasteiger charge is -2.35. The van der Waals surface area contributed by atoms with E-state index in [0.717, 1.165) is 25.0 Å². The molecule has 1 aromatic rings. The van der Waals surface area contributed by atoms with Crippen molar-refractivity contribution in [2.45, 2.75) is 38.5 Å². The molecule has 1 saturated carbocycles. The van der Waals surface area contributed by atoms with Crippen LogP contribution in [0.25, 0.3) is 0 Å². The normalized spacial score (nSPS) is 21.4. The summed E-state index contributed by atoms with van der Waals surface area (Å²) in [6, 6.07) is 5.00. The third-order valence-electron chi connectivity index (χ3n) is 3.53. The molecule has 1 aromatic carbocycles. The van der Waals surface area contributed by atoms with E-state index in [1.165, 1.54) is 19.2 Å². The van der Waals surface area contributed by atoms with E-state index in [1.54, 1.807) is 6.07 Å². The zero-order valence-corrected chi connectivity index (χ0v) is 11.8. The summed E-state index contributed by atoms with van der Waals surface area (Å²) in [6.45, 7) is 3.33. The molecule has 0 aliphatic heterocycles. The molecule has 0 atom stereocenters. The molecule has 110 valence electrons. The second-order valence-corrected chi connectivity index (χ2v) is 4.93. The first-order valence-electron chi connectivity index (χ1n) is 6.85. The monoisotopic (exact) mass is 281 g/mol. The Morgan fingerprint density at radius 3 is 2.80 bits per heavy atom. The molecule has 1 aliphatic rings. The van der Waals surface area contributed by atoms with Gasteiger partial charge in [0, 0.05) is 19.2 Å².